The fraction of sp³-hybridized carbons (Fsp3) is 0.471. The average Bonchev–Trinajstić information content (AvgIpc) is 3.13. The maximum atomic E-state index is 12.4. The van der Waals surface area contributed by atoms with Crippen LogP contribution in [0.4, 0.5) is 4.79 Å². The predicted octanol–water partition coefficient (Wildman–Crippen LogP) is 0.763. The smallest absolute Gasteiger partial charge is 0.410 e. The van der Waals surface area contributed by atoms with Crippen LogP contribution in [0.25, 0.3) is 0 Å². The molecule has 0 aliphatic carbocycles. The van der Waals surface area contributed by atoms with Gasteiger partial charge in [0.05, 0.1) is 18.0 Å². The number of imide groups is 1. The molecule has 24 heavy (non-hydrogen) atoms. The Morgan fingerprint density at radius 1 is 1.29 bits per heavy atom. The summed E-state index contributed by atoms with van der Waals surface area (Å²) in [5.74, 6) is -1.44. The Morgan fingerprint density at radius 3 is 2.67 bits per heavy atom. The molecule has 2 fully saturated rings. The second-order valence-electron chi connectivity index (χ2n) is 6.13. The molecule has 128 valence electrons. The van der Waals surface area contributed by atoms with Gasteiger partial charge in [-0.25, -0.2) is 4.79 Å². The summed E-state index contributed by atoms with van der Waals surface area (Å²) in [7, 11) is 0. The van der Waals surface area contributed by atoms with Crippen LogP contribution in [0.15, 0.2) is 30.3 Å². The van der Waals surface area contributed by atoms with Crippen LogP contribution in [0, 0.1) is 5.92 Å². The van der Waals surface area contributed by atoms with E-state index in [0.29, 0.717) is 13.0 Å². The van der Waals surface area contributed by atoms with Gasteiger partial charge in [0.25, 0.3) is 5.91 Å². The van der Waals surface area contributed by atoms with E-state index in [4.69, 9.17) is 9.84 Å². The SMILES string of the molecule is C[C@H]1C(=O)N(C(=O)CO)[C@H]2CCN(C(=O)OCc3ccccc3)[C@H]12. The van der Waals surface area contributed by atoms with E-state index < -0.39 is 30.6 Å². The van der Waals surface area contributed by atoms with Gasteiger partial charge in [-0.2, -0.15) is 0 Å². The Hall–Kier alpha value is -2.41. The number of likely N-dealkylation sites (tertiary alicyclic amines) is 2. The molecule has 7 heteroatoms. The number of rotatable bonds is 3. The molecule has 0 bridgehead atoms. The average molecular weight is 332 g/mol. The molecule has 2 aliphatic rings. The molecular weight excluding hydrogens is 312 g/mol. The highest BCUT2D eigenvalue weighted by Crippen LogP contribution is 2.36. The lowest BCUT2D eigenvalue weighted by Crippen LogP contribution is -2.43. The summed E-state index contributed by atoms with van der Waals surface area (Å²) in [6, 6.07) is 8.57. The van der Waals surface area contributed by atoms with Crippen LogP contribution in [0.2, 0.25) is 0 Å². The second-order valence-corrected chi connectivity index (χ2v) is 6.13. The molecule has 2 aliphatic heterocycles. The third kappa shape index (κ3) is 2.75. The fourth-order valence-corrected chi connectivity index (χ4v) is 3.61. The molecule has 2 saturated heterocycles. The van der Waals surface area contributed by atoms with E-state index >= 15 is 0 Å². The Labute approximate surface area is 139 Å². The molecule has 1 aromatic carbocycles. The van der Waals surface area contributed by atoms with Crippen molar-refractivity contribution in [3.63, 3.8) is 0 Å². The zero-order valence-electron chi connectivity index (χ0n) is 13.4. The molecule has 0 aromatic heterocycles. The van der Waals surface area contributed by atoms with Gasteiger partial charge in [0.1, 0.15) is 13.2 Å². The lowest BCUT2D eigenvalue weighted by molar-refractivity contribution is -0.146. The number of ether oxygens (including phenoxy) is 1. The van der Waals surface area contributed by atoms with Crippen molar-refractivity contribution in [3.8, 4) is 0 Å². The Kier molecular flexibility index (Phi) is 4.53. The van der Waals surface area contributed by atoms with Gasteiger partial charge in [-0.05, 0) is 12.0 Å². The number of nitrogens with zero attached hydrogens (tertiary/aromatic N) is 2. The number of amides is 3. The van der Waals surface area contributed by atoms with Gasteiger partial charge in [0.15, 0.2) is 0 Å². The van der Waals surface area contributed by atoms with Crippen molar-refractivity contribution < 1.29 is 24.2 Å². The Bertz CT molecular complexity index is 648. The van der Waals surface area contributed by atoms with E-state index in [0.717, 1.165) is 10.5 Å². The Balaban J connectivity index is 1.69. The van der Waals surface area contributed by atoms with E-state index in [1.54, 1.807) is 6.92 Å². The van der Waals surface area contributed by atoms with Gasteiger partial charge < -0.3 is 14.7 Å². The van der Waals surface area contributed by atoms with Crippen LogP contribution < -0.4 is 0 Å². The van der Waals surface area contributed by atoms with E-state index in [9.17, 15) is 14.4 Å². The fourth-order valence-electron chi connectivity index (χ4n) is 3.61. The van der Waals surface area contributed by atoms with Gasteiger partial charge in [-0.15, -0.1) is 0 Å². The molecule has 2 heterocycles. The molecular formula is C17H20N2O5. The maximum Gasteiger partial charge on any atom is 0.410 e. The summed E-state index contributed by atoms with van der Waals surface area (Å²) >= 11 is 0. The zero-order valence-corrected chi connectivity index (χ0v) is 13.4. The normalized spacial score (nSPS) is 25.8. The molecule has 0 spiro atoms. The van der Waals surface area contributed by atoms with Crippen molar-refractivity contribution in [2.24, 2.45) is 5.92 Å². The standard InChI is InChI=1S/C17H20N2O5/c1-11-15-13(19(16(11)22)14(21)9-20)7-8-18(15)17(23)24-10-12-5-3-2-4-6-12/h2-6,11,13,15,20H,7-10H2,1H3/t11-,13+,15-/m1/s1. The molecule has 0 saturated carbocycles. The molecule has 3 amide bonds. The summed E-state index contributed by atoms with van der Waals surface area (Å²) in [5, 5.41) is 9.06. The minimum absolute atomic E-state index is 0.162. The maximum absolute atomic E-state index is 12.4. The third-order valence-electron chi connectivity index (χ3n) is 4.73. The number of hydrogen-bond acceptors (Lipinski definition) is 5. The monoisotopic (exact) mass is 332 g/mol. The number of carbonyl (C=O) groups is 3. The highest BCUT2D eigenvalue weighted by molar-refractivity contribution is 6.00. The first-order valence-electron chi connectivity index (χ1n) is 7.98. The minimum Gasteiger partial charge on any atom is -0.445 e. The van der Waals surface area contributed by atoms with E-state index in [-0.39, 0.29) is 18.6 Å². The zero-order chi connectivity index (χ0) is 17.3. The first-order valence-corrected chi connectivity index (χ1v) is 7.98. The highest BCUT2D eigenvalue weighted by Gasteiger charge is 2.55. The number of fused-ring (bicyclic) bond motifs is 1. The summed E-state index contributed by atoms with van der Waals surface area (Å²) < 4.78 is 5.35. The van der Waals surface area contributed by atoms with Crippen molar-refractivity contribution in [1.29, 1.82) is 0 Å². The summed E-state index contributed by atoms with van der Waals surface area (Å²) in [4.78, 5) is 39.1. The number of aliphatic hydroxyl groups excluding tert-OH is 1. The van der Waals surface area contributed by atoms with Crippen molar-refractivity contribution in [3.05, 3.63) is 35.9 Å². The van der Waals surface area contributed by atoms with Crippen molar-refractivity contribution in [2.75, 3.05) is 13.2 Å². The molecule has 0 unspecified atom stereocenters. The van der Waals surface area contributed by atoms with Crippen LogP contribution in [0.3, 0.4) is 0 Å². The largest absolute Gasteiger partial charge is 0.445 e. The lowest BCUT2D eigenvalue weighted by atomic mass is 10.0. The van der Waals surface area contributed by atoms with Crippen molar-refractivity contribution in [1.82, 2.24) is 9.80 Å². The first-order chi connectivity index (χ1) is 11.5. The molecule has 0 radical (unpaired) electrons. The number of carbonyl (C=O) groups excluding carboxylic acids is 3. The number of benzene rings is 1. The quantitative estimate of drug-likeness (QED) is 0.883. The van der Waals surface area contributed by atoms with Crippen molar-refractivity contribution >= 4 is 17.9 Å². The van der Waals surface area contributed by atoms with E-state index in [2.05, 4.69) is 0 Å². The van der Waals surface area contributed by atoms with Gasteiger partial charge in [-0.3, -0.25) is 14.5 Å². The third-order valence-corrected chi connectivity index (χ3v) is 4.73. The predicted molar refractivity (Wildman–Crippen MR) is 83.6 cm³/mol. The topological polar surface area (TPSA) is 87.2 Å². The Morgan fingerprint density at radius 2 is 2.00 bits per heavy atom. The van der Waals surface area contributed by atoms with E-state index in [1.165, 1.54) is 4.90 Å². The molecule has 1 aromatic rings. The lowest BCUT2D eigenvalue weighted by Gasteiger charge is -2.25. The van der Waals surface area contributed by atoms with Crippen LogP contribution in [-0.4, -0.2) is 58.0 Å². The van der Waals surface area contributed by atoms with Gasteiger partial charge in [-0.1, -0.05) is 37.3 Å². The highest BCUT2D eigenvalue weighted by atomic mass is 16.6. The number of aliphatic hydroxyl groups is 1. The molecule has 3 atom stereocenters. The molecule has 1 N–H and O–H groups in total. The molecule has 3 rings (SSSR count). The van der Waals surface area contributed by atoms with Crippen molar-refractivity contribution in [2.45, 2.75) is 32.0 Å². The number of hydrogen-bond donors (Lipinski definition) is 1. The van der Waals surface area contributed by atoms with Crippen LogP contribution in [-0.2, 0) is 20.9 Å². The minimum atomic E-state index is -0.708. The van der Waals surface area contributed by atoms with Gasteiger partial charge >= 0.3 is 6.09 Å². The second kappa shape index (κ2) is 6.60. The summed E-state index contributed by atoms with van der Waals surface area (Å²) in [6.07, 6.45) is 0.0247. The first kappa shape index (κ1) is 16.4. The summed E-state index contributed by atoms with van der Waals surface area (Å²) in [5.41, 5.74) is 0.884. The van der Waals surface area contributed by atoms with Crippen LogP contribution in [0.5, 0.6) is 0 Å². The molecule has 7 nitrogen and oxygen atoms in total. The van der Waals surface area contributed by atoms with E-state index in [1.807, 2.05) is 30.3 Å². The summed E-state index contributed by atoms with van der Waals surface area (Å²) in [6.45, 7) is 1.58. The van der Waals surface area contributed by atoms with Crippen LogP contribution in [0.1, 0.15) is 18.9 Å². The van der Waals surface area contributed by atoms with Crippen LogP contribution >= 0.6 is 0 Å². The van der Waals surface area contributed by atoms with Gasteiger partial charge in [0, 0.05) is 6.54 Å². The van der Waals surface area contributed by atoms with Gasteiger partial charge in [0.2, 0.25) is 5.91 Å².